The standard InChI is InChI=1S/C12H16N2O3S/c1-17-12(16)10-9(4-6-18-10)14-11(15)8-3-2-5-13-7-8/h4,6,8,13H,2-3,5,7H2,1H3,(H,14,15). The third-order valence-electron chi connectivity index (χ3n) is 2.96. The second kappa shape index (κ2) is 5.97. The minimum Gasteiger partial charge on any atom is -0.465 e. The summed E-state index contributed by atoms with van der Waals surface area (Å²) in [6.07, 6.45) is 1.89. The average Bonchev–Trinajstić information content (AvgIpc) is 2.87. The van der Waals surface area contributed by atoms with E-state index in [1.54, 1.807) is 11.4 Å². The van der Waals surface area contributed by atoms with Crippen LogP contribution in [0.25, 0.3) is 0 Å². The van der Waals surface area contributed by atoms with Crippen LogP contribution in [0.3, 0.4) is 0 Å². The minimum absolute atomic E-state index is 0.0239. The number of ether oxygens (including phenoxy) is 1. The minimum atomic E-state index is -0.415. The molecule has 0 saturated carbocycles. The highest BCUT2D eigenvalue weighted by Gasteiger charge is 2.23. The summed E-state index contributed by atoms with van der Waals surface area (Å²) in [6, 6.07) is 1.73. The molecule has 2 N–H and O–H groups in total. The van der Waals surface area contributed by atoms with Crippen LogP contribution >= 0.6 is 11.3 Å². The predicted octanol–water partition coefficient (Wildman–Crippen LogP) is 1.47. The molecule has 0 aromatic carbocycles. The summed E-state index contributed by atoms with van der Waals surface area (Å²) in [4.78, 5) is 23.9. The molecule has 1 aliphatic rings. The Morgan fingerprint density at radius 1 is 1.56 bits per heavy atom. The first-order chi connectivity index (χ1) is 8.72. The molecule has 0 bridgehead atoms. The number of hydrogen-bond acceptors (Lipinski definition) is 5. The molecule has 1 fully saturated rings. The van der Waals surface area contributed by atoms with Crippen molar-refractivity contribution in [1.82, 2.24) is 5.32 Å². The summed E-state index contributed by atoms with van der Waals surface area (Å²) in [7, 11) is 1.33. The van der Waals surface area contributed by atoms with Crippen molar-refractivity contribution in [2.24, 2.45) is 5.92 Å². The molecular formula is C12H16N2O3S. The Morgan fingerprint density at radius 2 is 2.39 bits per heavy atom. The summed E-state index contributed by atoms with van der Waals surface area (Å²) < 4.78 is 4.67. The quantitative estimate of drug-likeness (QED) is 0.815. The molecule has 1 aromatic heterocycles. The first-order valence-corrected chi connectivity index (χ1v) is 6.77. The first-order valence-electron chi connectivity index (χ1n) is 5.89. The zero-order chi connectivity index (χ0) is 13.0. The number of hydrogen-bond donors (Lipinski definition) is 2. The third-order valence-corrected chi connectivity index (χ3v) is 3.86. The van der Waals surface area contributed by atoms with Crippen molar-refractivity contribution in [2.45, 2.75) is 12.8 Å². The topological polar surface area (TPSA) is 67.4 Å². The number of nitrogens with one attached hydrogen (secondary N) is 2. The van der Waals surface area contributed by atoms with Gasteiger partial charge in [0, 0.05) is 6.54 Å². The van der Waals surface area contributed by atoms with E-state index in [-0.39, 0.29) is 11.8 Å². The van der Waals surface area contributed by atoms with Crippen LogP contribution in [-0.2, 0) is 9.53 Å². The van der Waals surface area contributed by atoms with Gasteiger partial charge in [-0.2, -0.15) is 0 Å². The van der Waals surface area contributed by atoms with E-state index < -0.39 is 5.97 Å². The van der Waals surface area contributed by atoms with Gasteiger partial charge in [-0.25, -0.2) is 4.79 Å². The molecule has 6 heteroatoms. The van der Waals surface area contributed by atoms with Gasteiger partial charge in [0.2, 0.25) is 5.91 Å². The molecule has 18 heavy (non-hydrogen) atoms. The lowest BCUT2D eigenvalue weighted by Gasteiger charge is -2.21. The van der Waals surface area contributed by atoms with Crippen LogP contribution in [0.1, 0.15) is 22.5 Å². The van der Waals surface area contributed by atoms with E-state index in [0.29, 0.717) is 17.1 Å². The molecule has 0 aliphatic carbocycles. The lowest BCUT2D eigenvalue weighted by molar-refractivity contribution is -0.120. The molecule has 1 saturated heterocycles. The molecule has 98 valence electrons. The van der Waals surface area contributed by atoms with Crippen LogP contribution in [0.15, 0.2) is 11.4 Å². The summed E-state index contributed by atoms with van der Waals surface area (Å²) in [5, 5.41) is 7.77. The Labute approximate surface area is 110 Å². The molecule has 1 amide bonds. The second-order valence-corrected chi connectivity index (χ2v) is 5.10. The van der Waals surface area contributed by atoms with Gasteiger partial charge in [0.1, 0.15) is 4.88 Å². The molecule has 2 heterocycles. The van der Waals surface area contributed by atoms with E-state index >= 15 is 0 Å². The largest absolute Gasteiger partial charge is 0.465 e. The number of rotatable bonds is 3. The average molecular weight is 268 g/mol. The number of carbonyl (C=O) groups is 2. The second-order valence-electron chi connectivity index (χ2n) is 4.19. The number of anilines is 1. The van der Waals surface area contributed by atoms with E-state index in [1.165, 1.54) is 18.4 Å². The van der Waals surface area contributed by atoms with E-state index in [1.807, 2.05) is 0 Å². The molecular weight excluding hydrogens is 252 g/mol. The molecule has 1 unspecified atom stereocenters. The van der Waals surface area contributed by atoms with Gasteiger partial charge in [-0.05, 0) is 30.8 Å². The molecule has 1 aliphatic heterocycles. The van der Waals surface area contributed by atoms with Gasteiger partial charge in [-0.15, -0.1) is 11.3 Å². The molecule has 0 spiro atoms. The number of thiophene rings is 1. The van der Waals surface area contributed by atoms with Crippen molar-refractivity contribution in [2.75, 3.05) is 25.5 Å². The maximum atomic E-state index is 12.0. The molecule has 5 nitrogen and oxygen atoms in total. The van der Waals surface area contributed by atoms with E-state index in [2.05, 4.69) is 15.4 Å². The lowest BCUT2D eigenvalue weighted by atomic mass is 9.99. The fraction of sp³-hybridized carbons (Fsp3) is 0.500. The van der Waals surface area contributed by atoms with Crippen LogP contribution in [-0.4, -0.2) is 32.1 Å². The highest BCUT2D eigenvalue weighted by molar-refractivity contribution is 7.12. The van der Waals surface area contributed by atoms with Crippen molar-refractivity contribution in [3.63, 3.8) is 0 Å². The number of carbonyl (C=O) groups excluding carboxylic acids is 2. The van der Waals surface area contributed by atoms with Gasteiger partial charge in [-0.1, -0.05) is 0 Å². The van der Waals surface area contributed by atoms with Crippen molar-refractivity contribution in [3.8, 4) is 0 Å². The normalized spacial score (nSPS) is 19.3. The first kappa shape index (κ1) is 13.0. The Morgan fingerprint density at radius 3 is 3.06 bits per heavy atom. The fourth-order valence-corrected chi connectivity index (χ4v) is 2.73. The highest BCUT2D eigenvalue weighted by Crippen LogP contribution is 2.24. The smallest absolute Gasteiger partial charge is 0.350 e. The SMILES string of the molecule is COC(=O)c1sccc1NC(=O)C1CCCNC1. The summed E-state index contributed by atoms with van der Waals surface area (Å²) >= 11 is 1.27. The lowest BCUT2D eigenvalue weighted by Crippen LogP contribution is -2.37. The van der Waals surface area contributed by atoms with E-state index in [9.17, 15) is 9.59 Å². The van der Waals surface area contributed by atoms with E-state index in [4.69, 9.17) is 0 Å². The summed E-state index contributed by atoms with van der Waals surface area (Å²) in [5.74, 6) is -0.475. The highest BCUT2D eigenvalue weighted by atomic mass is 32.1. The number of esters is 1. The molecule has 2 rings (SSSR count). The van der Waals surface area contributed by atoms with Gasteiger partial charge in [0.25, 0.3) is 0 Å². The Bertz CT molecular complexity index is 438. The molecule has 1 aromatic rings. The van der Waals surface area contributed by atoms with E-state index in [0.717, 1.165) is 19.4 Å². The maximum absolute atomic E-state index is 12.0. The predicted molar refractivity (Wildman–Crippen MR) is 69.9 cm³/mol. The molecule has 1 atom stereocenters. The van der Waals surface area contributed by atoms with Crippen LogP contribution in [0, 0.1) is 5.92 Å². The zero-order valence-corrected chi connectivity index (χ0v) is 11.0. The Kier molecular flexibility index (Phi) is 4.33. The Balaban J connectivity index is 2.02. The third kappa shape index (κ3) is 2.88. The number of piperidine rings is 1. The Hall–Kier alpha value is -1.40. The van der Waals surface area contributed by atoms with Gasteiger partial charge < -0.3 is 15.4 Å². The van der Waals surface area contributed by atoms with Crippen molar-refractivity contribution >= 4 is 28.9 Å². The van der Waals surface area contributed by atoms with Crippen LogP contribution in [0.5, 0.6) is 0 Å². The van der Waals surface area contributed by atoms with Crippen LogP contribution < -0.4 is 10.6 Å². The zero-order valence-electron chi connectivity index (χ0n) is 10.2. The van der Waals surface area contributed by atoms with Gasteiger partial charge >= 0.3 is 5.97 Å². The van der Waals surface area contributed by atoms with Gasteiger partial charge in [0.15, 0.2) is 0 Å². The van der Waals surface area contributed by atoms with Crippen molar-refractivity contribution < 1.29 is 14.3 Å². The van der Waals surface area contributed by atoms with Gasteiger partial charge in [-0.3, -0.25) is 4.79 Å². The number of methoxy groups -OCH3 is 1. The maximum Gasteiger partial charge on any atom is 0.350 e. The number of amides is 1. The van der Waals surface area contributed by atoms with Crippen LogP contribution in [0.4, 0.5) is 5.69 Å². The summed E-state index contributed by atoms with van der Waals surface area (Å²) in [5.41, 5.74) is 0.544. The van der Waals surface area contributed by atoms with Crippen molar-refractivity contribution in [3.05, 3.63) is 16.3 Å². The summed E-state index contributed by atoms with van der Waals surface area (Å²) in [6.45, 7) is 1.67. The monoisotopic (exact) mass is 268 g/mol. The molecule has 0 radical (unpaired) electrons. The van der Waals surface area contributed by atoms with Crippen LogP contribution in [0.2, 0.25) is 0 Å². The fourth-order valence-electron chi connectivity index (χ4n) is 1.97. The van der Waals surface area contributed by atoms with Gasteiger partial charge in [0.05, 0.1) is 18.7 Å². The van der Waals surface area contributed by atoms with Crippen molar-refractivity contribution in [1.29, 1.82) is 0 Å².